The zero-order valence-electron chi connectivity index (χ0n) is 21.1. The van der Waals surface area contributed by atoms with Gasteiger partial charge >= 0.3 is 12.1 Å². The van der Waals surface area contributed by atoms with E-state index in [1.54, 1.807) is 11.1 Å². The lowest BCUT2D eigenvalue weighted by Gasteiger charge is -2.32. The molecule has 3 heterocycles. The van der Waals surface area contributed by atoms with Crippen LogP contribution in [-0.4, -0.2) is 54.7 Å². The number of piperidine rings is 1. The van der Waals surface area contributed by atoms with E-state index in [0.29, 0.717) is 31.2 Å². The highest BCUT2D eigenvalue weighted by atomic mass is 16.6. The third-order valence-corrected chi connectivity index (χ3v) is 7.51. The number of rotatable bonds is 8. The molecule has 2 atom stereocenters. The molecule has 4 rings (SSSR count). The maximum absolute atomic E-state index is 12.8. The van der Waals surface area contributed by atoms with Gasteiger partial charge in [0.05, 0.1) is 12.5 Å². The third-order valence-electron chi connectivity index (χ3n) is 7.51. The van der Waals surface area contributed by atoms with Gasteiger partial charge < -0.3 is 19.3 Å². The second-order valence-electron chi connectivity index (χ2n) is 9.61. The minimum absolute atomic E-state index is 0.0129. The molecule has 0 bridgehead atoms. The van der Waals surface area contributed by atoms with Crippen molar-refractivity contribution in [2.24, 2.45) is 11.8 Å². The van der Waals surface area contributed by atoms with Crippen LogP contribution < -0.4 is 9.64 Å². The van der Waals surface area contributed by atoms with Gasteiger partial charge in [0.1, 0.15) is 5.75 Å². The number of benzene rings is 1. The van der Waals surface area contributed by atoms with E-state index in [1.165, 1.54) is 5.56 Å². The Morgan fingerprint density at radius 2 is 1.97 bits per heavy atom. The largest absolute Gasteiger partial charge is 0.449 e. The van der Waals surface area contributed by atoms with Crippen molar-refractivity contribution in [2.75, 3.05) is 37.7 Å². The lowest BCUT2D eigenvalue weighted by atomic mass is 9.83. The quantitative estimate of drug-likeness (QED) is 0.390. The Morgan fingerprint density at radius 1 is 1.20 bits per heavy atom. The van der Waals surface area contributed by atoms with E-state index in [2.05, 4.69) is 48.9 Å². The summed E-state index contributed by atoms with van der Waals surface area (Å²) in [7, 11) is 0. The van der Waals surface area contributed by atoms with Crippen LogP contribution in [0.3, 0.4) is 0 Å². The van der Waals surface area contributed by atoms with Gasteiger partial charge in [-0.1, -0.05) is 19.1 Å². The zero-order valence-corrected chi connectivity index (χ0v) is 21.1. The molecule has 0 spiro atoms. The van der Waals surface area contributed by atoms with Crippen LogP contribution in [0.1, 0.15) is 57.1 Å². The van der Waals surface area contributed by atoms with Crippen LogP contribution in [0.2, 0.25) is 0 Å². The summed E-state index contributed by atoms with van der Waals surface area (Å²) in [4.78, 5) is 33.6. The first-order valence-corrected chi connectivity index (χ1v) is 12.9. The normalized spacial score (nSPS) is 20.2. The maximum atomic E-state index is 12.8. The van der Waals surface area contributed by atoms with Crippen LogP contribution in [0.5, 0.6) is 5.75 Å². The van der Waals surface area contributed by atoms with Gasteiger partial charge in [-0.15, -0.1) is 0 Å². The number of fused-ring (bicyclic) bond motifs is 1. The van der Waals surface area contributed by atoms with E-state index < -0.39 is 0 Å². The van der Waals surface area contributed by atoms with Crippen molar-refractivity contribution in [3.63, 3.8) is 0 Å². The number of amides is 1. The molecule has 1 amide bonds. The summed E-state index contributed by atoms with van der Waals surface area (Å²) in [5, 5.41) is 0. The number of hydrogen-bond acceptors (Lipinski definition) is 6. The molecular formula is C28H37N3O4. The molecule has 2 unspecified atom stereocenters. The molecule has 1 aromatic heterocycles. The van der Waals surface area contributed by atoms with Gasteiger partial charge in [-0.25, -0.2) is 4.79 Å². The Morgan fingerprint density at radius 3 is 2.66 bits per heavy atom. The molecule has 2 aliphatic rings. The molecule has 1 fully saturated rings. The average Bonchev–Trinajstić information content (AvgIpc) is 2.87. The molecule has 7 heteroatoms. The number of anilines is 1. The van der Waals surface area contributed by atoms with Gasteiger partial charge in [0.15, 0.2) is 0 Å². The van der Waals surface area contributed by atoms with E-state index >= 15 is 0 Å². The summed E-state index contributed by atoms with van der Waals surface area (Å²) >= 11 is 0. The molecule has 35 heavy (non-hydrogen) atoms. The van der Waals surface area contributed by atoms with E-state index in [0.717, 1.165) is 43.6 Å². The predicted octanol–water partition coefficient (Wildman–Crippen LogP) is 5.05. The molecule has 2 aliphatic heterocycles. The molecule has 2 aromatic rings. The Labute approximate surface area is 208 Å². The minimum Gasteiger partial charge on any atom is -0.449 e. The predicted molar refractivity (Wildman–Crippen MR) is 136 cm³/mol. The Hall–Kier alpha value is -3.09. The Bertz CT molecular complexity index is 1000. The van der Waals surface area contributed by atoms with Crippen LogP contribution in [0.15, 0.2) is 42.7 Å². The molecule has 7 nitrogen and oxygen atoms in total. The highest BCUT2D eigenvalue weighted by Crippen LogP contribution is 2.40. The lowest BCUT2D eigenvalue weighted by Crippen LogP contribution is -2.39. The number of pyridine rings is 1. The van der Waals surface area contributed by atoms with Gasteiger partial charge in [-0.05, 0) is 74.6 Å². The van der Waals surface area contributed by atoms with Crippen LogP contribution in [-0.2, 0) is 16.0 Å². The van der Waals surface area contributed by atoms with Crippen molar-refractivity contribution in [3.05, 3.63) is 53.9 Å². The third kappa shape index (κ3) is 5.95. The number of carbonyl (C=O) groups excluding carboxylic acids is 2. The molecule has 0 saturated carbocycles. The standard InChI is InChI=1S/C28H37N3O4/c1-4-30(5-2)23-8-9-24-20(3)25(27(32)35-26(24)18-23)12-16-34-28(33)31-14-10-21(11-15-31)17-22-7-6-13-29-19-22/h6-9,13,18-21,25H,4-5,10-12,14-17H2,1-3H3. The topological polar surface area (TPSA) is 72.0 Å². The highest BCUT2D eigenvalue weighted by Gasteiger charge is 2.35. The van der Waals surface area contributed by atoms with E-state index in [4.69, 9.17) is 9.47 Å². The van der Waals surface area contributed by atoms with Crippen molar-refractivity contribution >= 4 is 17.7 Å². The molecular weight excluding hydrogens is 442 g/mol. The number of ether oxygens (including phenoxy) is 2. The summed E-state index contributed by atoms with van der Waals surface area (Å²) in [6, 6.07) is 10.2. The van der Waals surface area contributed by atoms with E-state index in [1.807, 2.05) is 18.3 Å². The van der Waals surface area contributed by atoms with Crippen molar-refractivity contribution in [2.45, 2.75) is 52.4 Å². The number of esters is 1. The summed E-state index contributed by atoms with van der Waals surface area (Å²) < 4.78 is 11.3. The lowest BCUT2D eigenvalue weighted by molar-refractivity contribution is -0.141. The molecule has 1 saturated heterocycles. The summed E-state index contributed by atoms with van der Waals surface area (Å²) in [6.07, 6.45) is 6.80. The fourth-order valence-corrected chi connectivity index (χ4v) is 5.28. The molecule has 188 valence electrons. The van der Waals surface area contributed by atoms with Gasteiger partial charge in [0, 0.05) is 50.3 Å². The number of likely N-dealkylation sites (tertiary alicyclic amines) is 1. The summed E-state index contributed by atoms with van der Waals surface area (Å²) in [6.45, 7) is 9.69. The summed E-state index contributed by atoms with van der Waals surface area (Å²) in [5.74, 6) is 0.658. The fraction of sp³-hybridized carbons (Fsp3) is 0.536. The van der Waals surface area contributed by atoms with Crippen molar-refractivity contribution in [1.29, 1.82) is 0 Å². The molecule has 0 radical (unpaired) electrons. The van der Waals surface area contributed by atoms with Crippen LogP contribution in [0, 0.1) is 11.8 Å². The first-order valence-electron chi connectivity index (χ1n) is 12.9. The molecule has 0 N–H and O–H groups in total. The van der Waals surface area contributed by atoms with E-state index in [-0.39, 0.29) is 30.5 Å². The van der Waals surface area contributed by atoms with Crippen LogP contribution in [0.25, 0.3) is 0 Å². The highest BCUT2D eigenvalue weighted by molar-refractivity contribution is 5.80. The second kappa shape index (κ2) is 11.6. The van der Waals surface area contributed by atoms with Gasteiger partial charge in [-0.2, -0.15) is 0 Å². The fourth-order valence-electron chi connectivity index (χ4n) is 5.28. The zero-order chi connectivity index (χ0) is 24.8. The molecule has 1 aromatic carbocycles. The molecule has 0 aliphatic carbocycles. The number of nitrogens with zero attached hydrogens (tertiary/aromatic N) is 3. The maximum Gasteiger partial charge on any atom is 0.409 e. The number of aromatic nitrogens is 1. The van der Waals surface area contributed by atoms with Crippen LogP contribution in [0.4, 0.5) is 10.5 Å². The van der Waals surface area contributed by atoms with Crippen molar-refractivity contribution in [1.82, 2.24) is 9.88 Å². The van der Waals surface area contributed by atoms with E-state index in [9.17, 15) is 9.59 Å². The minimum atomic E-state index is -0.320. The Kier molecular flexibility index (Phi) is 8.26. The number of carbonyl (C=O) groups is 2. The second-order valence-corrected chi connectivity index (χ2v) is 9.61. The van der Waals surface area contributed by atoms with Gasteiger partial charge in [0.25, 0.3) is 0 Å². The van der Waals surface area contributed by atoms with Crippen molar-refractivity contribution in [3.8, 4) is 5.75 Å². The SMILES string of the molecule is CCN(CC)c1ccc2c(c1)OC(=O)C(CCOC(=O)N1CCC(Cc3cccnc3)CC1)C2C. The van der Waals surface area contributed by atoms with Crippen molar-refractivity contribution < 1.29 is 19.1 Å². The monoisotopic (exact) mass is 479 g/mol. The smallest absolute Gasteiger partial charge is 0.409 e. The Balaban J connectivity index is 1.25. The van der Waals surface area contributed by atoms with Gasteiger partial charge in [0.2, 0.25) is 0 Å². The average molecular weight is 480 g/mol. The summed E-state index contributed by atoms with van der Waals surface area (Å²) in [5.41, 5.74) is 3.34. The van der Waals surface area contributed by atoms with Gasteiger partial charge in [-0.3, -0.25) is 9.78 Å². The van der Waals surface area contributed by atoms with Crippen LogP contribution >= 0.6 is 0 Å². The first-order chi connectivity index (χ1) is 17.0. The first kappa shape index (κ1) is 25.0. The number of hydrogen-bond donors (Lipinski definition) is 0.